The van der Waals surface area contributed by atoms with Crippen LogP contribution < -0.4 is 16.1 Å². The quantitative estimate of drug-likeness (QED) is 0.516. The molecule has 6 nitrogen and oxygen atoms in total. The number of rotatable bonds is 7. The number of fused-ring (bicyclic) bond motifs is 2. The molecule has 2 aliphatic heterocycles. The van der Waals surface area contributed by atoms with Crippen LogP contribution in [0.1, 0.15) is 72.3 Å². The van der Waals surface area contributed by atoms with Gasteiger partial charge in [0.15, 0.2) is 5.90 Å². The van der Waals surface area contributed by atoms with E-state index in [1.165, 1.54) is 24.6 Å². The second-order valence-corrected chi connectivity index (χ2v) is 9.81. The summed E-state index contributed by atoms with van der Waals surface area (Å²) >= 11 is 0. The molecule has 0 amide bonds. The van der Waals surface area contributed by atoms with Crippen LogP contribution in [0.4, 0.5) is 5.69 Å². The Labute approximate surface area is 214 Å². The summed E-state index contributed by atoms with van der Waals surface area (Å²) in [6.45, 7) is 9.28. The molecule has 36 heavy (non-hydrogen) atoms. The van der Waals surface area contributed by atoms with Gasteiger partial charge < -0.3 is 9.30 Å². The predicted molar refractivity (Wildman–Crippen MR) is 151 cm³/mol. The highest BCUT2D eigenvalue weighted by atomic mass is 16.5. The molecule has 1 atom stereocenters. The second-order valence-electron chi connectivity index (χ2n) is 9.81. The first-order valence-corrected chi connectivity index (χ1v) is 13.3. The van der Waals surface area contributed by atoms with Crippen molar-refractivity contribution in [2.45, 2.75) is 78.3 Å². The molecule has 0 aromatic heterocycles. The molecule has 4 aliphatic rings. The van der Waals surface area contributed by atoms with Gasteiger partial charge in [-0.1, -0.05) is 50.5 Å². The lowest BCUT2D eigenvalue weighted by Crippen LogP contribution is -2.41. The van der Waals surface area contributed by atoms with E-state index in [1.54, 1.807) is 7.11 Å². The molecule has 1 unspecified atom stereocenters. The van der Waals surface area contributed by atoms with Crippen molar-refractivity contribution in [1.29, 1.82) is 0 Å². The van der Waals surface area contributed by atoms with Gasteiger partial charge >= 0.3 is 0 Å². The van der Waals surface area contributed by atoms with E-state index in [-0.39, 0.29) is 6.04 Å². The maximum Gasteiger partial charge on any atom is 0.187 e. The summed E-state index contributed by atoms with van der Waals surface area (Å²) in [6.07, 6.45) is 19.2. The van der Waals surface area contributed by atoms with Gasteiger partial charge in [0.25, 0.3) is 0 Å². The highest BCUT2D eigenvalue weighted by Gasteiger charge is 2.18. The summed E-state index contributed by atoms with van der Waals surface area (Å²) in [5.41, 5.74) is 3.78. The summed E-state index contributed by atoms with van der Waals surface area (Å²) in [7, 11) is 1.66. The number of hydrogen-bond acceptors (Lipinski definition) is 5. The highest BCUT2D eigenvalue weighted by Crippen LogP contribution is 2.25. The van der Waals surface area contributed by atoms with Gasteiger partial charge in [0.1, 0.15) is 0 Å². The van der Waals surface area contributed by atoms with Crippen molar-refractivity contribution >= 4 is 29.4 Å². The highest BCUT2D eigenvalue weighted by molar-refractivity contribution is 6.01. The van der Waals surface area contributed by atoms with Crippen LogP contribution in [0.2, 0.25) is 0 Å². The molecule has 0 fully saturated rings. The molecule has 0 saturated carbocycles. The molecule has 190 valence electrons. The van der Waals surface area contributed by atoms with Gasteiger partial charge in [0.2, 0.25) is 0 Å². The summed E-state index contributed by atoms with van der Waals surface area (Å²) in [4.78, 5) is 19.6. The van der Waals surface area contributed by atoms with Crippen molar-refractivity contribution in [1.82, 2.24) is 9.55 Å². The summed E-state index contributed by atoms with van der Waals surface area (Å²) in [5.74, 6) is 0.726. The van der Waals surface area contributed by atoms with Gasteiger partial charge in [-0.3, -0.25) is 4.99 Å². The molecule has 4 rings (SSSR count). The minimum absolute atomic E-state index is 0.150. The second kappa shape index (κ2) is 12.1. The van der Waals surface area contributed by atoms with Gasteiger partial charge in [0.05, 0.1) is 52.5 Å². The number of ether oxygens (including phenoxy) is 1. The van der Waals surface area contributed by atoms with Crippen LogP contribution in [-0.4, -0.2) is 40.9 Å². The van der Waals surface area contributed by atoms with Crippen molar-refractivity contribution in [3.05, 3.63) is 52.5 Å². The summed E-state index contributed by atoms with van der Waals surface area (Å²) in [5, 5.41) is 3.10. The van der Waals surface area contributed by atoms with Crippen molar-refractivity contribution in [3.8, 4) is 11.4 Å². The van der Waals surface area contributed by atoms with Crippen molar-refractivity contribution in [3.63, 3.8) is 0 Å². The maximum atomic E-state index is 5.34. The zero-order valence-corrected chi connectivity index (χ0v) is 22.4. The average Bonchev–Trinajstić information content (AvgIpc) is 3.23. The average molecular weight is 486 g/mol. The van der Waals surface area contributed by atoms with Crippen LogP contribution in [0.25, 0.3) is 23.5 Å². The predicted octanol–water partition coefficient (Wildman–Crippen LogP) is 5.04. The fourth-order valence-corrected chi connectivity index (χ4v) is 4.74. The molecular formula is C30H39N5O. The number of allylic oxidation sites excluding steroid dienone is 2. The van der Waals surface area contributed by atoms with E-state index in [4.69, 9.17) is 19.7 Å². The van der Waals surface area contributed by atoms with E-state index in [1.807, 2.05) is 6.08 Å². The SMILES string of the molecule is CCCCCC(C)n1c2cc(=NC(C)C)c(N=C3C=CCC(OC)=NC3)cc-2nc2c1=CCC=CC=2. The van der Waals surface area contributed by atoms with Crippen LogP contribution in [0.3, 0.4) is 0 Å². The number of aliphatic imine (C=N–C) groups is 2. The molecule has 0 bridgehead atoms. The lowest BCUT2D eigenvalue weighted by Gasteiger charge is -2.23. The maximum absolute atomic E-state index is 5.34. The molecule has 0 aromatic rings. The van der Waals surface area contributed by atoms with E-state index in [9.17, 15) is 0 Å². The lowest BCUT2D eigenvalue weighted by atomic mass is 10.1. The standard InChI is InChI=1S/C30H39N5O/c1-6-7-9-13-22(4)35-28-16-11-8-10-15-24(28)34-27-18-25(26(19-29(27)35)32-21(2)3)33-23-14-12-17-30(36-5)31-20-23/h8,10,12,14-16,18-19,21-22H,6-7,9,11,13,17,20H2,1-5H3. The molecule has 6 heteroatoms. The van der Waals surface area contributed by atoms with Crippen LogP contribution in [0.15, 0.2) is 51.4 Å². The van der Waals surface area contributed by atoms with Crippen molar-refractivity contribution in [2.75, 3.05) is 13.7 Å². The van der Waals surface area contributed by atoms with Crippen LogP contribution in [0.5, 0.6) is 0 Å². The number of methoxy groups -OCH3 is 1. The van der Waals surface area contributed by atoms with E-state index in [0.29, 0.717) is 19.0 Å². The first-order valence-electron chi connectivity index (χ1n) is 13.3. The monoisotopic (exact) mass is 485 g/mol. The van der Waals surface area contributed by atoms with Gasteiger partial charge in [-0.05, 0) is 57.9 Å². The van der Waals surface area contributed by atoms with E-state index in [0.717, 1.165) is 52.2 Å². The molecule has 0 radical (unpaired) electrons. The Morgan fingerprint density at radius 2 is 2.00 bits per heavy atom. The number of aromatic nitrogens is 2. The van der Waals surface area contributed by atoms with Gasteiger partial charge in [-0.15, -0.1) is 0 Å². The number of unbranched alkanes of at least 4 members (excludes halogenated alkanes) is 2. The molecule has 0 N–H and O–H groups in total. The zero-order chi connectivity index (χ0) is 25.5. The van der Waals surface area contributed by atoms with E-state index in [2.05, 4.69) is 79.8 Å². The Morgan fingerprint density at radius 1 is 1.14 bits per heavy atom. The Balaban J connectivity index is 1.94. The fourth-order valence-electron chi connectivity index (χ4n) is 4.74. The van der Waals surface area contributed by atoms with Crippen LogP contribution in [0, 0.1) is 0 Å². The first kappa shape index (κ1) is 25.8. The lowest BCUT2D eigenvalue weighted by molar-refractivity contribution is 0.394. The minimum Gasteiger partial charge on any atom is -0.484 e. The van der Waals surface area contributed by atoms with Crippen LogP contribution in [-0.2, 0) is 4.74 Å². The normalized spacial score (nSPS) is 17.9. The van der Waals surface area contributed by atoms with E-state index >= 15 is 0 Å². The molecular weight excluding hydrogens is 446 g/mol. The van der Waals surface area contributed by atoms with Gasteiger partial charge in [0, 0.05) is 18.5 Å². The fraction of sp³-hybridized carbons (Fsp3) is 0.467. The number of nitrogens with zero attached hydrogens (tertiary/aromatic N) is 5. The van der Waals surface area contributed by atoms with Gasteiger partial charge in [-0.2, -0.15) is 0 Å². The summed E-state index contributed by atoms with van der Waals surface area (Å²) < 4.78 is 7.82. The Kier molecular flexibility index (Phi) is 8.68. The van der Waals surface area contributed by atoms with Crippen LogP contribution >= 0.6 is 0 Å². The third kappa shape index (κ3) is 6.10. The smallest absolute Gasteiger partial charge is 0.187 e. The van der Waals surface area contributed by atoms with Crippen molar-refractivity contribution < 1.29 is 4.74 Å². The number of hydrogen-bond donors (Lipinski definition) is 0. The largest absolute Gasteiger partial charge is 0.484 e. The topological polar surface area (TPSA) is 64.1 Å². The minimum atomic E-state index is 0.150. The number of benzene rings is 1. The Hall–Kier alpha value is -3.28. The first-order chi connectivity index (χ1) is 17.5. The van der Waals surface area contributed by atoms with Crippen molar-refractivity contribution in [2.24, 2.45) is 15.0 Å². The molecule has 2 heterocycles. The van der Waals surface area contributed by atoms with Gasteiger partial charge in [-0.25, -0.2) is 15.0 Å². The molecule has 2 aliphatic carbocycles. The Bertz CT molecular complexity index is 1360. The zero-order valence-electron chi connectivity index (χ0n) is 22.4. The molecule has 0 saturated heterocycles. The van der Waals surface area contributed by atoms with E-state index < -0.39 is 0 Å². The molecule has 0 aromatic carbocycles. The Morgan fingerprint density at radius 3 is 2.78 bits per heavy atom. The molecule has 0 spiro atoms. The third-order valence-electron chi connectivity index (χ3n) is 6.51. The summed E-state index contributed by atoms with van der Waals surface area (Å²) in [6, 6.07) is 4.79. The third-order valence-corrected chi connectivity index (χ3v) is 6.51.